The fraction of sp³-hybridized carbons (Fsp3) is 0.611. The monoisotopic (exact) mass is 322 g/mol. The Morgan fingerprint density at radius 1 is 1.39 bits per heavy atom. The number of amides is 1. The van der Waals surface area contributed by atoms with Gasteiger partial charge < -0.3 is 15.4 Å². The SMILES string of the molecule is CC(NCC1(NC(=O)OC(C)(C)C)CCC1)c1cccc(F)c1. The molecule has 1 atom stereocenters. The van der Waals surface area contributed by atoms with Crippen LogP contribution in [0.15, 0.2) is 24.3 Å². The molecule has 0 spiro atoms. The van der Waals surface area contributed by atoms with Crippen LogP contribution in [0, 0.1) is 5.82 Å². The lowest BCUT2D eigenvalue weighted by molar-refractivity contribution is 0.0379. The molecular formula is C18H27FN2O2. The number of carbonyl (C=O) groups excluding carboxylic acids is 1. The first-order chi connectivity index (χ1) is 10.7. The number of ether oxygens (including phenoxy) is 1. The number of benzene rings is 1. The number of hydrogen-bond acceptors (Lipinski definition) is 3. The second kappa shape index (κ2) is 6.87. The van der Waals surface area contributed by atoms with Gasteiger partial charge in [-0.15, -0.1) is 0 Å². The molecule has 2 N–H and O–H groups in total. The molecule has 1 aromatic carbocycles. The third kappa shape index (κ3) is 5.20. The molecule has 128 valence electrons. The van der Waals surface area contributed by atoms with Crippen LogP contribution in [0.25, 0.3) is 0 Å². The first-order valence-electron chi connectivity index (χ1n) is 8.19. The molecule has 0 radical (unpaired) electrons. The smallest absolute Gasteiger partial charge is 0.408 e. The Bertz CT molecular complexity index is 550. The van der Waals surface area contributed by atoms with Gasteiger partial charge in [0, 0.05) is 12.6 Å². The Hall–Kier alpha value is -1.62. The number of rotatable bonds is 5. The van der Waals surface area contributed by atoms with E-state index < -0.39 is 5.60 Å². The highest BCUT2D eigenvalue weighted by Gasteiger charge is 2.39. The summed E-state index contributed by atoms with van der Waals surface area (Å²) in [5.41, 5.74) is 0.137. The molecule has 0 saturated heterocycles. The Kier molecular flexibility index (Phi) is 5.30. The maximum atomic E-state index is 13.3. The molecule has 0 aliphatic heterocycles. The highest BCUT2D eigenvalue weighted by Crippen LogP contribution is 2.32. The van der Waals surface area contributed by atoms with Crippen molar-refractivity contribution in [1.82, 2.24) is 10.6 Å². The van der Waals surface area contributed by atoms with Crippen molar-refractivity contribution in [3.8, 4) is 0 Å². The lowest BCUT2D eigenvalue weighted by Crippen LogP contribution is -2.60. The van der Waals surface area contributed by atoms with Crippen molar-refractivity contribution in [1.29, 1.82) is 0 Å². The van der Waals surface area contributed by atoms with Gasteiger partial charge in [-0.25, -0.2) is 9.18 Å². The van der Waals surface area contributed by atoms with Gasteiger partial charge in [0.25, 0.3) is 0 Å². The fourth-order valence-electron chi connectivity index (χ4n) is 2.71. The summed E-state index contributed by atoms with van der Waals surface area (Å²) < 4.78 is 18.7. The molecule has 1 aliphatic carbocycles. The van der Waals surface area contributed by atoms with Crippen LogP contribution in [0.4, 0.5) is 9.18 Å². The van der Waals surface area contributed by atoms with E-state index in [1.807, 2.05) is 33.8 Å². The summed E-state index contributed by atoms with van der Waals surface area (Å²) in [7, 11) is 0. The summed E-state index contributed by atoms with van der Waals surface area (Å²) in [6.07, 6.45) is 2.56. The highest BCUT2D eigenvalue weighted by molar-refractivity contribution is 5.69. The summed E-state index contributed by atoms with van der Waals surface area (Å²) in [5.74, 6) is -0.235. The summed E-state index contributed by atoms with van der Waals surface area (Å²) in [4.78, 5) is 12.0. The number of alkyl carbamates (subject to hydrolysis) is 1. The predicted molar refractivity (Wildman–Crippen MR) is 88.8 cm³/mol. The third-order valence-corrected chi connectivity index (χ3v) is 4.17. The van der Waals surface area contributed by atoms with Crippen LogP contribution in [0.2, 0.25) is 0 Å². The van der Waals surface area contributed by atoms with Crippen LogP contribution in [0.5, 0.6) is 0 Å². The van der Waals surface area contributed by atoms with Gasteiger partial charge in [0.2, 0.25) is 0 Å². The Balaban J connectivity index is 1.90. The zero-order valence-corrected chi connectivity index (χ0v) is 14.4. The van der Waals surface area contributed by atoms with Gasteiger partial charge in [-0.2, -0.15) is 0 Å². The Morgan fingerprint density at radius 2 is 2.09 bits per heavy atom. The van der Waals surface area contributed by atoms with Gasteiger partial charge in [-0.1, -0.05) is 12.1 Å². The van der Waals surface area contributed by atoms with Gasteiger partial charge in [-0.3, -0.25) is 0 Å². The van der Waals surface area contributed by atoms with Crippen molar-refractivity contribution in [3.63, 3.8) is 0 Å². The summed E-state index contributed by atoms with van der Waals surface area (Å²) in [5, 5.41) is 6.41. The minimum atomic E-state index is -0.503. The normalized spacial score (nSPS) is 18.0. The van der Waals surface area contributed by atoms with Crippen molar-refractivity contribution in [3.05, 3.63) is 35.6 Å². The van der Waals surface area contributed by atoms with E-state index in [2.05, 4.69) is 10.6 Å². The molecule has 1 saturated carbocycles. The van der Waals surface area contributed by atoms with Crippen LogP contribution in [0.3, 0.4) is 0 Å². The summed E-state index contributed by atoms with van der Waals surface area (Å²) in [6, 6.07) is 6.60. The van der Waals surface area contributed by atoms with E-state index in [-0.39, 0.29) is 23.5 Å². The van der Waals surface area contributed by atoms with E-state index >= 15 is 0 Å². The van der Waals surface area contributed by atoms with Crippen LogP contribution in [-0.2, 0) is 4.74 Å². The lowest BCUT2D eigenvalue weighted by atomic mass is 9.76. The molecular weight excluding hydrogens is 295 g/mol. The van der Waals surface area contributed by atoms with E-state index in [1.165, 1.54) is 12.1 Å². The molecule has 0 heterocycles. The minimum Gasteiger partial charge on any atom is -0.444 e. The maximum Gasteiger partial charge on any atom is 0.408 e. The molecule has 4 nitrogen and oxygen atoms in total. The summed E-state index contributed by atoms with van der Waals surface area (Å²) in [6.45, 7) is 8.19. The zero-order valence-electron chi connectivity index (χ0n) is 14.4. The molecule has 0 bridgehead atoms. The van der Waals surface area contributed by atoms with Crippen LogP contribution in [0.1, 0.15) is 58.6 Å². The number of carbonyl (C=O) groups is 1. The van der Waals surface area contributed by atoms with Gasteiger partial charge in [0.05, 0.1) is 5.54 Å². The van der Waals surface area contributed by atoms with E-state index in [9.17, 15) is 9.18 Å². The number of nitrogens with one attached hydrogen (secondary N) is 2. The van der Waals surface area contributed by atoms with E-state index in [1.54, 1.807) is 6.07 Å². The second-order valence-electron chi connectivity index (χ2n) is 7.42. The first-order valence-corrected chi connectivity index (χ1v) is 8.19. The lowest BCUT2D eigenvalue weighted by Gasteiger charge is -2.43. The van der Waals surface area contributed by atoms with Gasteiger partial charge >= 0.3 is 6.09 Å². The Labute approximate surface area is 137 Å². The number of halogens is 1. The average Bonchev–Trinajstić information content (AvgIpc) is 2.39. The molecule has 5 heteroatoms. The Morgan fingerprint density at radius 3 is 2.61 bits per heavy atom. The number of hydrogen-bond donors (Lipinski definition) is 2. The first kappa shape index (κ1) is 17.7. The van der Waals surface area contributed by atoms with E-state index in [4.69, 9.17) is 4.74 Å². The molecule has 2 rings (SSSR count). The van der Waals surface area contributed by atoms with Gasteiger partial charge in [-0.05, 0) is 64.7 Å². The third-order valence-electron chi connectivity index (χ3n) is 4.17. The van der Waals surface area contributed by atoms with E-state index in [0.29, 0.717) is 6.54 Å². The topological polar surface area (TPSA) is 50.4 Å². The standard InChI is InChI=1S/C18H27FN2O2/c1-13(14-7-5-8-15(19)11-14)20-12-18(9-6-10-18)21-16(22)23-17(2,3)4/h5,7-8,11,13,20H,6,9-10,12H2,1-4H3,(H,21,22). The van der Waals surface area contributed by atoms with Crippen molar-refractivity contribution >= 4 is 6.09 Å². The molecule has 0 aromatic heterocycles. The molecule has 1 aromatic rings. The van der Waals surface area contributed by atoms with Crippen LogP contribution >= 0.6 is 0 Å². The van der Waals surface area contributed by atoms with Crippen molar-refractivity contribution in [2.45, 2.75) is 64.1 Å². The zero-order chi connectivity index (χ0) is 17.1. The largest absolute Gasteiger partial charge is 0.444 e. The summed E-state index contributed by atoms with van der Waals surface area (Å²) >= 11 is 0. The van der Waals surface area contributed by atoms with Crippen LogP contribution < -0.4 is 10.6 Å². The predicted octanol–water partition coefficient (Wildman–Crippen LogP) is 3.92. The molecule has 1 amide bonds. The quantitative estimate of drug-likeness (QED) is 0.864. The van der Waals surface area contributed by atoms with Gasteiger partial charge in [0.1, 0.15) is 11.4 Å². The van der Waals surface area contributed by atoms with Crippen molar-refractivity contribution in [2.24, 2.45) is 0 Å². The average molecular weight is 322 g/mol. The minimum absolute atomic E-state index is 0.0172. The molecule has 23 heavy (non-hydrogen) atoms. The van der Waals surface area contributed by atoms with Gasteiger partial charge in [0.15, 0.2) is 0 Å². The highest BCUT2D eigenvalue weighted by atomic mass is 19.1. The molecule has 1 unspecified atom stereocenters. The second-order valence-corrected chi connectivity index (χ2v) is 7.42. The maximum absolute atomic E-state index is 13.3. The van der Waals surface area contributed by atoms with Crippen molar-refractivity contribution < 1.29 is 13.9 Å². The van der Waals surface area contributed by atoms with Crippen molar-refractivity contribution in [2.75, 3.05) is 6.54 Å². The van der Waals surface area contributed by atoms with Crippen LogP contribution in [-0.4, -0.2) is 23.8 Å². The fourth-order valence-corrected chi connectivity index (χ4v) is 2.71. The molecule has 1 fully saturated rings. The molecule has 1 aliphatic rings. The van der Waals surface area contributed by atoms with E-state index in [0.717, 1.165) is 24.8 Å².